The Morgan fingerprint density at radius 1 is 1.14 bits per heavy atom. The van der Waals surface area contributed by atoms with E-state index in [4.69, 9.17) is 0 Å². The number of carbonyl (C=O) groups excluding carboxylic acids is 2. The molecule has 0 aliphatic heterocycles. The van der Waals surface area contributed by atoms with E-state index < -0.39 is 0 Å². The minimum absolute atomic E-state index is 0.131. The van der Waals surface area contributed by atoms with Gasteiger partial charge in [0.2, 0.25) is 0 Å². The van der Waals surface area contributed by atoms with Gasteiger partial charge in [-0.1, -0.05) is 48.5 Å². The lowest BCUT2D eigenvalue weighted by Gasteiger charge is -2.28. The Labute approximate surface area is 206 Å². The van der Waals surface area contributed by atoms with E-state index in [2.05, 4.69) is 32.6 Å². The minimum Gasteiger partial charge on any atom is -0.351 e. The molecule has 0 aliphatic carbocycles. The number of aryl methyl sites for hydroxylation is 1. The first-order chi connectivity index (χ1) is 17.0. The molecule has 8 nitrogen and oxygen atoms in total. The second-order valence-electron chi connectivity index (χ2n) is 8.52. The third-order valence-corrected chi connectivity index (χ3v) is 7.03. The highest BCUT2D eigenvalue weighted by Gasteiger charge is 2.25. The average molecular weight is 487 g/mol. The molecule has 5 aromatic rings. The normalized spacial score (nSPS) is 12.2. The summed E-state index contributed by atoms with van der Waals surface area (Å²) in [6.45, 7) is 2.26. The van der Waals surface area contributed by atoms with Crippen LogP contribution < -0.4 is 5.32 Å². The van der Waals surface area contributed by atoms with Crippen LogP contribution in [0.2, 0.25) is 0 Å². The van der Waals surface area contributed by atoms with Gasteiger partial charge in [-0.05, 0) is 31.4 Å². The lowest BCUT2D eigenvalue weighted by atomic mass is 10.0. The number of amides is 2. The van der Waals surface area contributed by atoms with Crippen LogP contribution in [0.25, 0.3) is 15.9 Å². The summed E-state index contributed by atoms with van der Waals surface area (Å²) in [7, 11) is 1.80. The van der Waals surface area contributed by atoms with Crippen LogP contribution in [0, 0.1) is 6.92 Å². The van der Waals surface area contributed by atoms with Gasteiger partial charge in [-0.3, -0.25) is 19.1 Å². The predicted molar refractivity (Wildman–Crippen MR) is 137 cm³/mol. The van der Waals surface area contributed by atoms with Crippen molar-refractivity contribution in [1.82, 2.24) is 29.8 Å². The van der Waals surface area contributed by atoms with Crippen molar-refractivity contribution < 1.29 is 9.59 Å². The van der Waals surface area contributed by atoms with E-state index >= 15 is 0 Å². The molecular formula is C26H26N6O2S. The number of fused-ring (bicyclic) bond motifs is 2. The number of aromatic amines is 1. The molecule has 2 aromatic carbocycles. The van der Waals surface area contributed by atoms with Crippen LogP contribution in [0.4, 0.5) is 0 Å². The molecule has 0 aliphatic rings. The van der Waals surface area contributed by atoms with Gasteiger partial charge in [-0.2, -0.15) is 5.10 Å². The maximum absolute atomic E-state index is 13.4. The number of nitrogens with zero attached hydrogens (tertiary/aromatic N) is 4. The summed E-state index contributed by atoms with van der Waals surface area (Å²) < 4.78 is 1.81. The average Bonchev–Trinajstić information content (AvgIpc) is 3.57. The largest absolute Gasteiger partial charge is 0.351 e. The topological polar surface area (TPSA) is 95.4 Å². The zero-order valence-electron chi connectivity index (χ0n) is 19.6. The molecule has 5 rings (SSSR count). The standard InChI is InChI=1S/C26H26N6O2S/c1-17-23(32-14-15-35-26(32)28-17)24(33)27-13-12-19(16-18-8-4-3-5-9-18)31(2)25(34)22-20-10-6-7-11-21(20)29-30-22/h3-11,14-15,19H,12-13,16H2,1-2H3,(H,27,33)(H,29,30). The number of imidazole rings is 1. The van der Waals surface area contributed by atoms with Gasteiger partial charge in [-0.25, -0.2) is 4.98 Å². The molecule has 178 valence electrons. The fraction of sp³-hybridized carbons (Fsp3) is 0.231. The van der Waals surface area contributed by atoms with Crippen molar-refractivity contribution in [3.05, 3.63) is 88.8 Å². The lowest BCUT2D eigenvalue weighted by Crippen LogP contribution is -2.41. The SMILES string of the molecule is Cc1nc2sccn2c1C(=O)NCCC(Cc1ccccc1)N(C)C(=O)c1n[nH]c2ccccc12. The number of H-pyrrole nitrogens is 1. The van der Waals surface area contributed by atoms with Gasteiger partial charge in [0, 0.05) is 36.6 Å². The Morgan fingerprint density at radius 2 is 1.91 bits per heavy atom. The van der Waals surface area contributed by atoms with Gasteiger partial charge < -0.3 is 10.2 Å². The van der Waals surface area contributed by atoms with Crippen LogP contribution in [0.15, 0.2) is 66.2 Å². The number of aromatic nitrogens is 4. The van der Waals surface area contributed by atoms with Gasteiger partial charge >= 0.3 is 0 Å². The first-order valence-corrected chi connectivity index (χ1v) is 12.4. The molecule has 9 heteroatoms. The van der Waals surface area contributed by atoms with Gasteiger partial charge in [0.1, 0.15) is 5.69 Å². The van der Waals surface area contributed by atoms with Gasteiger partial charge in [0.25, 0.3) is 11.8 Å². The van der Waals surface area contributed by atoms with Gasteiger partial charge in [0.15, 0.2) is 10.7 Å². The van der Waals surface area contributed by atoms with Crippen molar-refractivity contribution in [2.75, 3.05) is 13.6 Å². The fourth-order valence-corrected chi connectivity index (χ4v) is 5.14. The molecule has 0 bridgehead atoms. The minimum atomic E-state index is -0.167. The van der Waals surface area contributed by atoms with E-state index in [-0.39, 0.29) is 17.9 Å². The maximum Gasteiger partial charge on any atom is 0.274 e. The maximum atomic E-state index is 13.4. The Bertz CT molecular complexity index is 1490. The van der Waals surface area contributed by atoms with Crippen molar-refractivity contribution in [2.45, 2.75) is 25.8 Å². The Balaban J connectivity index is 1.33. The molecular weight excluding hydrogens is 460 g/mol. The number of hydrogen-bond acceptors (Lipinski definition) is 5. The molecule has 0 radical (unpaired) electrons. The van der Waals surface area contributed by atoms with Crippen LogP contribution in [0.3, 0.4) is 0 Å². The van der Waals surface area contributed by atoms with Gasteiger partial charge in [0.05, 0.1) is 11.2 Å². The highest BCUT2D eigenvalue weighted by molar-refractivity contribution is 7.15. The highest BCUT2D eigenvalue weighted by atomic mass is 32.1. The predicted octanol–water partition coefficient (Wildman–Crippen LogP) is 4.08. The molecule has 3 aromatic heterocycles. The second kappa shape index (κ2) is 9.71. The summed E-state index contributed by atoms with van der Waals surface area (Å²) in [6.07, 6.45) is 3.12. The lowest BCUT2D eigenvalue weighted by molar-refractivity contribution is 0.0718. The third-order valence-electron chi connectivity index (χ3n) is 6.27. The van der Waals surface area contributed by atoms with Crippen molar-refractivity contribution >= 4 is 39.0 Å². The molecule has 1 unspecified atom stereocenters. The molecule has 3 heterocycles. The summed E-state index contributed by atoms with van der Waals surface area (Å²) in [5.41, 5.74) is 3.61. The van der Waals surface area contributed by atoms with E-state index in [1.54, 1.807) is 11.9 Å². The van der Waals surface area contributed by atoms with Gasteiger partial charge in [-0.15, -0.1) is 11.3 Å². The van der Waals surface area contributed by atoms with E-state index in [0.717, 1.165) is 21.4 Å². The quantitative estimate of drug-likeness (QED) is 0.345. The summed E-state index contributed by atoms with van der Waals surface area (Å²) in [5, 5.41) is 13.0. The monoisotopic (exact) mass is 486 g/mol. The number of nitrogens with one attached hydrogen (secondary N) is 2. The van der Waals surface area contributed by atoms with Crippen molar-refractivity contribution in [1.29, 1.82) is 0 Å². The van der Waals surface area contributed by atoms with E-state index in [1.807, 2.05) is 65.4 Å². The molecule has 0 fully saturated rings. The highest BCUT2D eigenvalue weighted by Crippen LogP contribution is 2.20. The molecule has 0 saturated carbocycles. The van der Waals surface area contributed by atoms with Crippen molar-refractivity contribution in [3.8, 4) is 0 Å². The number of benzene rings is 2. The Hall–Kier alpha value is -3.98. The summed E-state index contributed by atoms with van der Waals surface area (Å²) in [6, 6.07) is 17.5. The number of thiazole rings is 1. The van der Waals surface area contributed by atoms with E-state index in [9.17, 15) is 9.59 Å². The molecule has 2 N–H and O–H groups in total. The first-order valence-electron chi connectivity index (χ1n) is 11.5. The van der Waals surface area contributed by atoms with Crippen LogP contribution in [-0.4, -0.2) is 55.9 Å². The van der Waals surface area contributed by atoms with Crippen LogP contribution in [-0.2, 0) is 6.42 Å². The van der Waals surface area contributed by atoms with E-state index in [0.29, 0.717) is 36.5 Å². The number of carbonyl (C=O) groups is 2. The first kappa shape index (κ1) is 22.8. The summed E-state index contributed by atoms with van der Waals surface area (Å²) in [5.74, 6) is -0.319. The molecule has 0 saturated heterocycles. The Morgan fingerprint density at radius 3 is 2.74 bits per heavy atom. The number of para-hydroxylation sites is 1. The zero-order valence-corrected chi connectivity index (χ0v) is 20.4. The molecule has 1 atom stereocenters. The molecule has 0 spiro atoms. The van der Waals surface area contributed by atoms with Crippen LogP contribution in [0.1, 0.15) is 38.7 Å². The fourth-order valence-electron chi connectivity index (χ4n) is 4.38. The summed E-state index contributed by atoms with van der Waals surface area (Å²) in [4.78, 5) is 33.4. The Kier molecular flexibility index (Phi) is 6.33. The summed E-state index contributed by atoms with van der Waals surface area (Å²) >= 11 is 1.50. The smallest absolute Gasteiger partial charge is 0.274 e. The number of rotatable bonds is 8. The number of hydrogen-bond donors (Lipinski definition) is 2. The number of likely N-dealkylation sites (N-methyl/N-ethyl adjacent to an activating group) is 1. The zero-order chi connectivity index (χ0) is 24.4. The second-order valence-corrected chi connectivity index (χ2v) is 9.40. The molecule has 35 heavy (non-hydrogen) atoms. The van der Waals surface area contributed by atoms with E-state index in [1.165, 1.54) is 11.3 Å². The molecule has 2 amide bonds. The third kappa shape index (κ3) is 4.54. The van der Waals surface area contributed by atoms with Crippen LogP contribution in [0.5, 0.6) is 0 Å². The van der Waals surface area contributed by atoms with Crippen molar-refractivity contribution in [3.63, 3.8) is 0 Å². The van der Waals surface area contributed by atoms with Crippen LogP contribution >= 0.6 is 11.3 Å². The van der Waals surface area contributed by atoms with Crippen molar-refractivity contribution in [2.24, 2.45) is 0 Å².